The standard InChI is InChI=1S/C31H39N3O2S/c1-18-14-24(6-8-25(18)23-7-9-27-26(15-23)19(2)20(3)37-27)28-32-31(11-12-31)30(36)34(28)17-21-10-13-33(16-21)29(35)22-4-5-22/h6-9,15,19-22,24,28,32H,4-5,10-14,16-17H2,1-3H3/t19?,20?,21-,24?,28?/m1/s1. The number of rotatable bonds is 5. The number of nitrogens with zero attached hydrogens (tertiary/aromatic N) is 2. The molecule has 4 unspecified atom stereocenters. The number of carbonyl (C=O) groups is 2. The summed E-state index contributed by atoms with van der Waals surface area (Å²) in [5.74, 6) is 2.18. The lowest BCUT2D eigenvalue weighted by molar-refractivity contribution is -0.132. The van der Waals surface area contributed by atoms with E-state index < -0.39 is 0 Å². The zero-order valence-electron chi connectivity index (χ0n) is 22.3. The van der Waals surface area contributed by atoms with Crippen molar-refractivity contribution in [3.8, 4) is 0 Å². The molecular weight excluding hydrogens is 478 g/mol. The van der Waals surface area contributed by atoms with Gasteiger partial charge in [-0.25, -0.2) is 0 Å². The Labute approximate surface area is 225 Å². The number of hydrogen-bond acceptors (Lipinski definition) is 4. The van der Waals surface area contributed by atoms with E-state index in [0.29, 0.717) is 28.9 Å². The molecule has 2 amide bonds. The number of amides is 2. The minimum absolute atomic E-state index is 0.0493. The van der Waals surface area contributed by atoms with Crippen LogP contribution in [-0.4, -0.2) is 58.2 Å². The van der Waals surface area contributed by atoms with Crippen molar-refractivity contribution in [3.05, 3.63) is 47.1 Å². The Kier molecular flexibility index (Phi) is 5.67. The maximum atomic E-state index is 13.5. The second kappa shape index (κ2) is 8.74. The molecule has 6 aliphatic rings. The SMILES string of the molecule is CC1=C(c2ccc3c(c2)C(C)C(C)S3)C=CC(C2NC3(CC3)C(=O)N2C[C@@H]2CCN(C(=O)C3CC3)C2)C1. The number of hydrogen-bond donors (Lipinski definition) is 1. The highest BCUT2D eigenvalue weighted by Gasteiger charge is 2.60. The maximum Gasteiger partial charge on any atom is 0.244 e. The van der Waals surface area contributed by atoms with Crippen LogP contribution in [0.5, 0.6) is 0 Å². The molecule has 7 rings (SSSR count). The van der Waals surface area contributed by atoms with Crippen LogP contribution in [0.4, 0.5) is 0 Å². The Morgan fingerprint density at radius 2 is 2.00 bits per heavy atom. The smallest absolute Gasteiger partial charge is 0.244 e. The molecule has 2 saturated heterocycles. The van der Waals surface area contributed by atoms with Crippen LogP contribution < -0.4 is 5.32 Å². The molecule has 1 aromatic rings. The van der Waals surface area contributed by atoms with Crippen molar-refractivity contribution in [2.24, 2.45) is 17.8 Å². The second-order valence-electron chi connectivity index (χ2n) is 12.6. The molecule has 5 nitrogen and oxygen atoms in total. The second-order valence-corrected chi connectivity index (χ2v) is 14.0. The zero-order valence-corrected chi connectivity index (χ0v) is 23.2. The summed E-state index contributed by atoms with van der Waals surface area (Å²) in [6.45, 7) is 9.38. The molecule has 3 heterocycles. The number of thioether (sulfide) groups is 1. The third kappa shape index (κ3) is 4.10. The van der Waals surface area contributed by atoms with E-state index in [1.165, 1.54) is 27.2 Å². The highest BCUT2D eigenvalue weighted by molar-refractivity contribution is 8.00. The van der Waals surface area contributed by atoms with Gasteiger partial charge in [0.25, 0.3) is 0 Å². The molecule has 5 atom stereocenters. The number of likely N-dealkylation sites (tertiary alicyclic amines) is 1. The van der Waals surface area contributed by atoms with Crippen LogP contribution >= 0.6 is 11.8 Å². The summed E-state index contributed by atoms with van der Waals surface area (Å²) in [6, 6.07) is 7.01. The van der Waals surface area contributed by atoms with Crippen LogP contribution in [-0.2, 0) is 9.59 Å². The van der Waals surface area contributed by atoms with E-state index >= 15 is 0 Å². The molecule has 1 N–H and O–H groups in total. The molecule has 0 aromatic heterocycles. The van der Waals surface area contributed by atoms with Crippen LogP contribution in [0.25, 0.3) is 5.57 Å². The minimum atomic E-state index is -0.316. The first kappa shape index (κ1) is 24.0. The largest absolute Gasteiger partial charge is 0.342 e. The molecule has 37 heavy (non-hydrogen) atoms. The topological polar surface area (TPSA) is 52.7 Å². The molecule has 1 aromatic carbocycles. The highest BCUT2D eigenvalue weighted by atomic mass is 32.2. The minimum Gasteiger partial charge on any atom is -0.342 e. The summed E-state index contributed by atoms with van der Waals surface area (Å²) in [6.07, 6.45) is 10.7. The first-order valence-corrected chi connectivity index (χ1v) is 15.3. The molecule has 1 spiro atoms. The van der Waals surface area contributed by atoms with Crippen LogP contribution in [0, 0.1) is 17.8 Å². The summed E-state index contributed by atoms with van der Waals surface area (Å²) in [4.78, 5) is 31.8. The first-order valence-electron chi connectivity index (χ1n) is 14.4. The zero-order chi connectivity index (χ0) is 25.5. The van der Waals surface area contributed by atoms with E-state index in [-0.39, 0.29) is 23.5 Å². The monoisotopic (exact) mass is 517 g/mol. The van der Waals surface area contributed by atoms with Crippen LogP contribution in [0.3, 0.4) is 0 Å². The Morgan fingerprint density at radius 1 is 1.19 bits per heavy atom. The van der Waals surface area contributed by atoms with Crippen molar-refractivity contribution in [2.45, 2.75) is 87.1 Å². The molecule has 0 radical (unpaired) electrons. The van der Waals surface area contributed by atoms with E-state index in [9.17, 15) is 9.59 Å². The summed E-state index contributed by atoms with van der Waals surface area (Å²) in [7, 11) is 0. The third-order valence-corrected chi connectivity index (χ3v) is 11.3. The van der Waals surface area contributed by atoms with E-state index in [0.717, 1.165) is 58.2 Å². The van der Waals surface area contributed by atoms with Crippen molar-refractivity contribution in [2.75, 3.05) is 19.6 Å². The van der Waals surface area contributed by atoms with Crippen LogP contribution in [0.1, 0.15) is 76.3 Å². The fourth-order valence-electron chi connectivity index (χ4n) is 7.08. The van der Waals surface area contributed by atoms with Gasteiger partial charge in [-0.3, -0.25) is 14.9 Å². The number of carbonyl (C=O) groups excluding carboxylic acids is 2. The number of benzene rings is 1. The summed E-state index contributed by atoms with van der Waals surface area (Å²) >= 11 is 2.00. The van der Waals surface area contributed by atoms with Gasteiger partial charge in [0.05, 0.1) is 11.7 Å². The Bertz CT molecular complexity index is 1210. The predicted octanol–water partition coefficient (Wildman–Crippen LogP) is 5.18. The summed E-state index contributed by atoms with van der Waals surface area (Å²) in [5.41, 5.74) is 5.25. The van der Waals surface area contributed by atoms with Gasteiger partial charge < -0.3 is 9.80 Å². The van der Waals surface area contributed by atoms with Gasteiger partial charge in [0, 0.05) is 41.6 Å². The van der Waals surface area contributed by atoms with Gasteiger partial charge in [-0.15, -0.1) is 11.8 Å². The van der Waals surface area contributed by atoms with Gasteiger partial charge in [0.1, 0.15) is 0 Å². The van der Waals surface area contributed by atoms with Gasteiger partial charge >= 0.3 is 0 Å². The van der Waals surface area contributed by atoms with Crippen LogP contribution in [0.2, 0.25) is 0 Å². The van der Waals surface area contributed by atoms with E-state index in [4.69, 9.17) is 0 Å². The summed E-state index contributed by atoms with van der Waals surface area (Å²) in [5, 5.41) is 4.42. The van der Waals surface area contributed by atoms with Crippen molar-refractivity contribution >= 4 is 29.1 Å². The third-order valence-electron chi connectivity index (χ3n) is 9.90. The molecule has 6 heteroatoms. The normalized spacial score (nSPS) is 34.1. The van der Waals surface area contributed by atoms with E-state index in [1.807, 2.05) is 11.8 Å². The Morgan fingerprint density at radius 3 is 2.73 bits per heavy atom. The van der Waals surface area contributed by atoms with Crippen molar-refractivity contribution in [3.63, 3.8) is 0 Å². The molecule has 3 aliphatic carbocycles. The summed E-state index contributed by atoms with van der Waals surface area (Å²) < 4.78 is 0. The number of nitrogens with one attached hydrogen (secondary N) is 1. The lowest BCUT2D eigenvalue weighted by atomic mass is 9.84. The quantitative estimate of drug-likeness (QED) is 0.585. The number of fused-ring (bicyclic) bond motifs is 1. The van der Waals surface area contributed by atoms with Crippen molar-refractivity contribution in [1.82, 2.24) is 15.1 Å². The molecule has 2 saturated carbocycles. The highest BCUT2D eigenvalue weighted by Crippen LogP contribution is 2.48. The molecule has 3 aliphatic heterocycles. The van der Waals surface area contributed by atoms with Gasteiger partial charge in [0.15, 0.2) is 0 Å². The molecule has 4 fully saturated rings. The lowest BCUT2D eigenvalue weighted by Gasteiger charge is -2.33. The average molecular weight is 518 g/mol. The Hall–Kier alpha value is -2.05. The van der Waals surface area contributed by atoms with E-state index in [1.54, 1.807) is 0 Å². The lowest BCUT2D eigenvalue weighted by Crippen LogP contribution is -2.45. The molecular formula is C31H39N3O2S. The molecule has 196 valence electrons. The van der Waals surface area contributed by atoms with Gasteiger partial charge in [-0.2, -0.15) is 0 Å². The van der Waals surface area contributed by atoms with Crippen molar-refractivity contribution < 1.29 is 9.59 Å². The van der Waals surface area contributed by atoms with Gasteiger partial charge in [-0.05, 0) is 86.1 Å². The fraction of sp³-hybridized carbons (Fsp3) is 0.613. The first-order chi connectivity index (χ1) is 17.8. The van der Waals surface area contributed by atoms with Crippen LogP contribution in [0.15, 0.2) is 40.8 Å². The Balaban J connectivity index is 1.07. The maximum absolute atomic E-state index is 13.5. The van der Waals surface area contributed by atoms with Gasteiger partial charge in [0.2, 0.25) is 11.8 Å². The number of allylic oxidation sites excluding steroid dienone is 3. The average Bonchev–Trinajstić information content (AvgIpc) is 3.80. The predicted molar refractivity (Wildman–Crippen MR) is 148 cm³/mol. The fourth-order valence-corrected chi connectivity index (χ4v) is 8.36. The van der Waals surface area contributed by atoms with Gasteiger partial charge in [-0.1, -0.05) is 37.6 Å². The molecule has 0 bridgehead atoms. The van der Waals surface area contributed by atoms with Crippen molar-refractivity contribution in [1.29, 1.82) is 0 Å². The van der Waals surface area contributed by atoms with E-state index in [2.05, 4.69) is 66.2 Å².